The van der Waals surface area contributed by atoms with Crippen LogP contribution in [0.1, 0.15) is 18.4 Å². The molecule has 3 aromatic rings. The van der Waals surface area contributed by atoms with E-state index < -0.39 is 0 Å². The number of benzene rings is 1. The Morgan fingerprint density at radius 1 is 1.30 bits per heavy atom. The van der Waals surface area contributed by atoms with Gasteiger partial charge in [0.2, 0.25) is 11.7 Å². The largest absolute Gasteiger partial charge is 0.373 e. The number of rotatable bonds is 6. The van der Waals surface area contributed by atoms with E-state index in [-0.39, 0.29) is 18.0 Å². The first-order valence-corrected chi connectivity index (χ1v) is 10.7. The summed E-state index contributed by atoms with van der Waals surface area (Å²) in [6.45, 7) is 4.01. The Morgan fingerprint density at radius 3 is 2.82 bits per heavy atom. The van der Waals surface area contributed by atoms with Gasteiger partial charge in [0.05, 0.1) is 37.2 Å². The fourth-order valence-electron chi connectivity index (χ4n) is 4.02. The first-order chi connectivity index (χ1) is 16.0. The predicted molar refractivity (Wildman–Crippen MR) is 123 cm³/mol. The topological polar surface area (TPSA) is 99.3 Å². The van der Waals surface area contributed by atoms with Gasteiger partial charge in [-0.1, -0.05) is 12.6 Å². The summed E-state index contributed by atoms with van der Waals surface area (Å²) in [6.07, 6.45) is 6.73. The smallest absolute Gasteiger partial charge is 0.322 e. The van der Waals surface area contributed by atoms with E-state index in [4.69, 9.17) is 0 Å². The van der Waals surface area contributed by atoms with Crippen LogP contribution in [0.25, 0.3) is 0 Å². The van der Waals surface area contributed by atoms with E-state index in [1.165, 1.54) is 6.08 Å². The maximum absolute atomic E-state index is 13.7. The number of hydrogen-bond acceptors (Lipinski definition) is 5. The van der Waals surface area contributed by atoms with Crippen LogP contribution in [0.4, 0.5) is 33.8 Å². The van der Waals surface area contributed by atoms with Crippen LogP contribution in [-0.2, 0) is 25.4 Å². The van der Waals surface area contributed by atoms with Gasteiger partial charge in [-0.15, -0.1) is 4.98 Å². The van der Waals surface area contributed by atoms with E-state index in [1.54, 1.807) is 27.9 Å². The number of carbonyl (C=O) groups excluding carboxylic acids is 2. The Hall–Kier alpha value is -4.21. The van der Waals surface area contributed by atoms with E-state index in [0.29, 0.717) is 23.9 Å². The van der Waals surface area contributed by atoms with Crippen LogP contribution in [0.5, 0.6) is 0 Å². The zero-order chi connectivity index (χ0) is 23.1. The standard InChI is InChI=1S/C23H24N8O2/c1-4-20(32)26-16-6-5-7-18(12-16)31-21-15(14-30(23(31)33)17-8-9-17)13-24-22(28(21)2)27-19-10-11-25-29(19)3/h4-7,10-13,17H,1,8-9,14H2,2-3H3,(H,26,32)/p+1. The zero-order valence-corrected chi connectivity index (χ0v) is 18.5. The molecule has 10 nitrogen and oxygen atoms in total. The Bertz CT molecular complexity index is 1260. The first kappa shape index (κ1) is 20.7. The minimum atomic E-state index is -0.311. The summed E-state index contributed by atoms with van der Waals surface area (Å²) in [6, 6.07) is 9.24. The Morgan fingerprint density at radius 2 is 2.12 bits per heavy atom. The molecular weight excluding hydrogens is 420 g/mol. The fourth-order valence-corrected chi connectivity index (χ4v) is 4.02. The molecule has 168 valence electrons. The van der Waals surface area contributed by atoms with Crippen molar-refractivity contribution in [2.24, 2.45) is 14.1 Å². The van der Waals surface area contributed by atoms with Gasteiger partial charge < -0.3 is 10.2 Å². The van der Waals surface area contributed by atoms with Crippen molar-refractivity contribution in [1.82, 2.24) is 19.7 Å². The molecule has 0 unspecified atom stereocenters. The molecule has 3 heterocycles. The van der Waals surface area contributed by atoms with Crippen LogP contribution in [0, 0.1) is 0 Å². The van der Waals surface area contributed by atoms with Crippen LogP contribution >= 0.6 is 0 Å². The van der Waals surface area contributed by atoms with Gasteiger partial charge >= 0.3 is 12.0 Å². The summed E-state index contributed by atoms with van der Waals surface area (Å²) in [4.78, 5) is 33.7. The number of urea groups is 1. The summed E-state index contributed by atoms with van der Waals surface area (Å²) >= 11 is 0. The molecule has 0 saturated heterocycles. The monoisotopic (exact) mass is 445 g/mol. The number of nitrogens with one attached hydrogen (secondary N) is 2. The molecule has 0 atom stereocenters. The van der Waals surface area contributed by atoms with Crippen molar-refractivity contribution in [3.05, 3.63) is 60.9 Å². The van der Waals surface area contributed by atoms with Gasteiger partial charge in [-0.2, -0.15) is 10.00 Å². The molecule has 5 rings (SSSR count). The molecule has 0 spiro atoms. The third kappa shape index (κ3) is 3.79. The van der Waals surface area contributed by atoms with Crippen LogP contribution in [-0.4, -0.2) is 37.6 Å². The minimum Gasteiger partial charge on any atom is -0.322 e. The number of fused-ring (bicyclic) bond motifs is 1. The Kier molecular flexibility index (Phi) is 5.04. The maximum Gasteiger partial charge on any atom is 0.373 e. The van der Waals surface area contributed by atoms with Crippen molar-refractivity contribution >= 4 is 40.9 Å². The molecule has 3 amide bonds. The van der Waals surface area contributed by atoms with Crippen molar-refractivity contribution < 1.29 is 14.2 Å². The predicted octanol–water partition coefficient (Wildman–Crippen LogP) is 2.74. The Labute approximate surface area is 191 Å². The van der Waals surface area contributed by atoms with Crippen LogP contribution in [0.2, 0.25) is 0 Å². The SMILES string of the molecule is C=CC(=O)Nc1cccc(N2C(=O)N(C3CC3)Cc3cnc(Nc4ccnn4C)[n+](C)c32)c1. The summed E-state index contributed by atoms with van der Waals surface area (Å²) in [5.74, 6) is 1.77. The van der Waals surface area contributed by atoms with E-state index in [1.807, 2.05) is 48.0 Å². The van der Waals surface area contributed by atoms with Gasteiger partial charge in [-0.25, -0.2) is 19.4 Å². The molecule has 1 aliphatic heterocycles. The second-order valence-corrected chi connectivity index (χ2v) is 8.18. The molecule has 1 fully saturated rings. The lowest BCUT2D eigenvalue weighted by Crippen LogP contribution is -2.52. The number of hydrogen-bond donors (Lipinski definition) is 2. The molecule has 1 aromatic carbocycles. The highest BCUT2D eigenvalue weighted by atomic mass is 16.2. The van der Waals surface area contributed by atoms with Crippen molar-refractivity contribution in [1.29, 1.82) is 0 Å². The fraction of sp³-hybridized carbons (Fsp3) is 0.261. The van der Waals surface area contributed by atoms with Gasteiger partial charge in [0.15, 0.2) is 5.82 Å². The van der Waals surface area contributed by atoms with Gasteiger partial charge in [0.1, 0.15) is 0 Å². The van der Waals surface area contributed by atoms with Gasteiger partial charge in [0, 0.05) is 24.8 Å². The number of aryl methyl sites for hydroxylation is 1. The normalized spacial score (nSPS) is 15.3. The molecule has 2 N–H and O–H groups in total. The van der Waals surface area contributed by atoms with Gasteiger partial charge in [-0.3, -0.25) is 4.79 Å². The Balaban J connectivity index is 1.60. The first-order valence-electron chi connectivity index (χ1n) is 10.7. The lowest BCUT2D eigenvalue weighted by Gasteiger charge is -2.34. The van der Waals surface area contributed by atoms with E-state index in [2.05, 4.69) is 27.3 Å². The van der Waals surface area contributed by atoms with Crippen molar-refractivity contribution in [2.45, 2.75) is 25.4 Å². The molecule has 0 bridgehead atoms. The molecule has 33 heavy (non-hydrogen) atoms. The second kappa shape index (κ2) is 8.05. The maximum atomic E-state index is 13.7. The molecular formula is C23H25N8O2+. The quantitative estimate of drug-likeness (QED) is 0.449. The highest BCUT2D eigenvalue weighted by molar-refractivity contribution is 6.02. The highest BCUT2D eigenvalue weighted by Crippen LogP contribution is 2.39. The second-order valence-electron chi connectivity index (χ2n) is 8.18. The summed E-state index contributed by atoms with van der Waals surface area (Å²) in [7, 11) is 3.72. The van der Waals surface area contributed by atoms with Crippen LogP contribution in [0.15, 0.2) is 55.4 Å². The van der Waals surface area contributed by atoms with Gasteiger partial charge in [-0.05, 0) is 37.1 Å². The molecule has 1 saturated carbocycles. The molecule has 10 heteroatoms. The number of aromatic nitrogens is 4. The summed E-state index contributed by atoms with van der Waals surface area (Å²) in [5, 5.41) is 10.2. The number of amides is 3. The number of anilines is 5. The van der Waals surface area contributed by atoms with E-state index >= 15 is 0 Å². The molecule has 2 aromatic heterocycles. The number of carbonyl (C=O) groups is 2. The van der Waals surface area contributed by atoms with Crippen molar-refractivity contribution in [2.75, 3.05) is 15.5 Å². The average Bonchev–Trinajstić information content (AvgIpc) is 3.57. The number of nitrogens with zero attached hydrogens (tertiary/aromatic N) is 6. The molecule has 1 aliphatic carbocycles. The molecule has 0 radical (unpaired) electrons. The lowest BCUT2D eigenvalue weighted by atomic mass is 10.1. The van der Waals surface area contributed by atoms with Crippen molar-refractivity contribution in [3.8, 4) is 0 Å². The van der Waals surface area contributed by atoms with Crippen molar-refractivity contribution in [3.63, 3.8) is 0 Å². The summed E-state index contributed by atoms with van der Waals surface area (Å²) in [5.41, 5.74) is 2.18. The minimum absolute atomic E-state index is 0.0921. The van der Waals surface area contributed by atoms with Crippen LogP contribution < -0.4 is 20.1 Å². The zero-order valence-electron chi connectivity index (χ0n) is 18.5. The van der Waals surface area contributed by atoms with E-state index in [0.717, 1.165) is 30.0 Å². The summed E-state index contributed by atoms with van der Waals surface area (Å²) < 4.78 is 3.59. The van der Waals surface area contributed by atoms with E-state index in [9.17, 15) is 9.59 Å². The van der Waals surface area contributed by atoms with Gasteiger partial charge in [0.25, 0.3) is 0 Å². The average molecular weight is 446 g/mol. The van der Waals surface area contributed by atoms with Crippen LogP contribution in [0.3, 0.4) is 0 Å². The molecule has 2 aliphatic rings. The lowest BCUT2D eigenvalue weighted by molar-refractivity contribution is -0.646. The highest BCUT2D eigenvalue weighted by Gasteiger charge is 2.44. The third-order valence-corrected chi connectivity index (χ3v) is 5.86. The third-order valence-electron chi connectivity index (χ3n) is 5.86.